The number of amides is 1. The van der Waals surface area contributed by atoms with Crippen LogP contribution < -0.4 is 5.32 Å². The summed E-state index contributed by atoms with van der Waals surface area (Å²) in [5, 5.41) is 2.78. The molecule has 0 aliphatic heterocycles. The Morgan fingerprint density at radius 2 is 2.14 bits per heavy atom. The summed E-state index contributed by atoms with van der Waals surface area (Å²) in [7, 11) is 0. The molecule has 0 atom stereocenters. The highest BCUT2D eigenvalue weighted by Crippen LogP contribution is 2.25. The van der Waals surface area contributed by atoms with Crippen LogP contribution in [0.1, 0.15) is 15.9 Å². The zero-order chi connectivity index (χ0) is 15.0. The minimum absolute atomic E-state index is 0.256. The molecule has 1 heterocycles. The van der Waals surface area contributed by atoms with Crippen molar-refractivity contribution < 1.29 is 9.18 Å². The molecule has 0 bridgehead atoms. The maximum atomic E-state index is 13.4. The van der Waals surface area contributed by atoms with E-state index in [0.717, 1.165) is 11.0 Å². The molecule has 0 spiro atoms. The van der Waals surface area contributed by atoms with Gasteiger partial charge in [-0.1, -0.05) is 0 Å². The molecular weight excluding hydrogens is 337 g/mol. The van der Waals surface area contributed by atoms with E-state index in [2.05, 4.69) is 31.2 Å². The number of hydrogen-bond donors (Lipinski definition) is 2. The van der Waals surface area contributed by atoms with Crippen molar-refractivity contribution in [1.29, 1.82) is 0 Å². The molecule has 0 radical (unpaired) electrons. The van der Waals surface area contributed by atoms with E-state index >= 15 is 0 Å². The lowest BCUT2D eigenvalue weighted by Crippen LogP contribution is -2.13. The standard InChI is InChI=1S/C15H11BrFN3O/c1-8-4-11(17)10(16)6-13(8)20-15(21)9-2-3-12-14(5-9)19-7-18-12/h2-7H,1H3,(H,18,19)(H,20,21). The second-order valence-electron chi connectivity index (χ2n) is 4.67. The molecule has 1 amide bonds. The summed E-state index contributed by atoms with van der Waals surface area (Å²) in [6, 6.07) is 8.13. The molecule has 0 saturated carbocycles. The van der Waals surface area contributed by atoms with E-state index in [1.165, 1.54) is 6.07 Å². The Morgan fingerprint density at radius 3 is 2.95 bits per heavy atom. The van der Waals surface area contributed by atoms with Gasteiger partial charge in [0.25, 0.3) is 5.91 Å². The van der Waals surface area contributed by atoms with Crippen LogP contribution in [0, 0.1) is 12.7 Å². The van der Waals surface area contributed by atoms with Crippen LogP contribution in [0.15, 0.2) is 41.1 Å². The summed E-state index contributed by atoms with van der Waals surface area (Å²) in [5.74, 6) is -0.613. The first-order valence-corrected chi connectivity index (χ1v) is 7.04. The average Bonchev–Trinajstić information content (AvgIpc) is 2.92. The maximum Gasteiger partial charge on any atom is 0.255 e. The number of carbonyl (C=O) groups excluding carboxylic acids is 1. The minimum atomic E-state index is -0.357. The van der Waals surface area contributed by atoms with Gasteiger partial charge in [-0.2, -0.15) is 0 Å². The Bertz CT molecular complexity index is 844. The van der Waals surface area contributed by atoms with Crippen molar-refractivity contribution in [1.82, 2.24) is 9.97 Å². The van der Waals surface area contributed by atoms with Crippen LogP contribution in [0.5, 0.6) is 0 Å². The Morgan fingerprint density at radius 1 is 1.33 bits per heavy atom. The van der Waals surface area contributed by atoms with Crippen LogP contribution in [0.2, 0.25) is 0 Å². The lowest BCUT2D eigenvalue weighted by Gasteiger charge is -2.09. The number of H-pyrrole nitrogens is 1. The fourth-order valence-corrected chi connectivity index (χ4v) is 2.40. The summed E-state index contributed by atoms with van der Waals surface area (Å²) >= 11 is 3.11. The zero-order valence-electron chi connectivity index (χ0n) is 11.1. The van der Waals surface area contributed by atoms with Gasteiger partial charge in [0, 0.05) is 11.3 Å². The van der Waals surface area contributed by atoms with Crippen LogP contribution in [0.3, 0.4) is 0 Å². The monoisotopic (exact) mass is 347 g/mol. The van der Waals surface area contributed by atoms with Crippen LogP contribution in [-0.2, 0) is 0 Å². The number of aromatic amines is 1. The van der Waals surface area contributed by atoms with Crippen LogP contribution in [-0.4, -0.2) is 15.9 Å². The van der Waals surface area contributed by atoms with Gasteiger partial charge in [0.05, 0.1) is 21.8 Å². The number of halogens is 2. The van der Waals surface area contributed by atoms with Gasteiger partial charge in [0.15, 0.2) is 0 Å². The second-order valence-corrected chi connectivity index (χ2v) is 5.52. The fraction of sp³-hybridized carbons (Fsp3) is 0.0667. The molecule has 6 heteroatoms. The van der Waals surface area contributed by atoms with E-state index < -0.39 is 0 Å². The van der Waals surface area contributed by atoms with E-state index in [0.29, 0.717) is 21.3 Å². The smallest absolute Gasteiger partial charge is 0.255 e. The molecule has 2 N–H and O–H groups in total. The maximum absolute atomic E-state index is 13.4. The highest BCUT2D eigenvalue weighted by Gasteiger charge is 2.11. The van der Waals surface area contributed by atoms with Gasteiger partial charge in [-0.3, -0.25) is 4.79 Å². The van der Waals surface area contributed by atoms with Gasteiger partial charge in [-0.05, 0) is 58.7 Å². The Labute approximate surface area is 128 Å². The van der Waals surface area contributed by atoms with Gasteiger partial charge in [0.2, 0.25) is 0 Å². The van der Waals surface area contributed by atoms with Crippen molar-refractivity contribution in [3.05, 3.63) is 58.1 Å². The van der Waals surface area contributed by atoms with Crippen molar-refractivity contribution in [2.24, 2.45) is 0 Å². The average molecular weight is 348 g/mol. The number of aromatic nitrogens is 2. The third kappa shape index (κ3) is 2.67. The van der Waals surface area contributed by atoms with Crippen LogP contribution in [0.25, 0.3) is 11.0 Å². The summed E-state index contributed by atoms with van der Waals surface area (Å²) in [5.41, 5.74) is 3.32. The number of fused-ring (bicyclic) bond motifs is 1. The largest absolute Gasteiger partial charge is 0.345 e. The predicted molar refractivity (Wildman–Crippen MR) is 82.9 cm³/mol. The molecule has 4 nitrogen and oxygen atoms in total. The summed E-state index contributed by atoms with van der Waals surface area (Å²) in [6.45, 7) is 1.74. The first-order valence-electron chi connectivity index (χ1n) is 6.25. The lowest BCUT2D eigenvalue weighted by atomic mass is 10.1. The van der Waals surface area contributed by atoms with Crippen molar-refractivity contribution in [2.45, 2.75) is 6.92 Å². The summed E-state index contributed by atoms with van der Waals surface area (Å²) < 4.78 is 13.7. The zero-order valence-corrected chi connectivity index (χ0v) is 12.7. The minimum Gasteiger partial charge on any atom is -0.345 e. The molecule has 106 valence electrons. The number of anilines is 1. The number of imidazole rings is 1. The number of hydrogen-bond acceptors (Lipinski definition) is 2. The van der Waals surface area contributed by atoms with E-state index in [-0.39, 0.29) is 11.7 Å². The van der Waals surface area contributed by atoms with E-state index in [1.54, 1.807) is 37.5 Å². The number of nitrogens with zero attached hydrogens (tertiary/aromatic N) is 1. The third-order valence-electron chi connectivity index (χ3n) is 3.20. The quantitative estimate of drug-likeness (QED) is 0.735. The molecule has 1 aromatic heterocycles. The van der Waals surface area contributed by atoms with Crippen molar-refractivity contribution in [3.8, 4) is 0 Å². The predicted octanol–water partition coefficient (Wildman–Crippen LogP) is 4.03. The molecule has 0 saturated heterocycles. The molecule has 3 rings (SSSR count). The highest BCUT2D eigenvalue weighted by atomic mass is 79.9. The van der Waals surface area contributed by atoms with Crippen molar-refractivity contribution in [3.63, 3.8) is 0 Å². The number of carbonyl (C=O) groups is 1. The highest BCUT2D eigenvalue weighted by molar-refractivity contribution is 9.10. The number of nitrogens with one attached hydrogen (secondary N) is 2. The van der Waals surface area contributed by atoms with Crippen LogP contribution >= 0.6 is 15.9 Å². The van der Waals surface area contributed by atoms with Gasteiger partial charge in [0.1, 0.15) is 5.82 Å². The SMILES string of the molecule is Cc1cc(F)c(Br)cc1NC(=O)c1ccc2nc[nH]c2c1. The van der Waals surface area contributed by atoms with E-state index in [9.17, 15) is 9.18 Å². The van der Waals surface area contributed by atoms with Gasteiger partial charge < -0.3 is 10.3 Å². The van der Waals surface area contributed by atoms with Crippen molar-refractivity contribution >= 4 is 38.6 Å². The van der Waals surface area contributed by atoms with Crippen LogP contribution in [0.4, 0.5) is 10.1 Å². The van der Waals surface area contributed by atoms with E-state index in [4.69, 9.17) is 0 Å². The molecular formula is C15H11BrFN3O. The van der Waals surface area contributed by atoms with Crippen molar-refractivity contribution in [2.75, 3.05) is 5.32 Å². The Balaban J connectivity index is 1.90. The first-order chi connectivity index (χ1) is 10.0. The van der Waals surface area contributed by atoms with E-state index in [1.807, 2.05) is 0 Å². The number of aryl methyl sites for hydroxylation is 1. The molecule has 0 aliphatic carbocycles. The summed E-state index contributed by atoms with van der Waals surface area (Å²) in [6.07, 6.45) is 1.58. The van der Waals surface area contributed by atoms with Gasteiger partial charge >= 0.3 is 0 Å². The molecule has 0 unspecified atom stereocenters. The van der Waals surface area contributed by atoms with Gasteiger partial charge in [-0.25, -0.2) is 9.37 Å². The molecule has 21 heavy (non-hydrogen) atoms. The fourth-order valence-electron chi connectivity index (χ4n) is 2.05. The normalized spacial score (nSPS) is 10.8. The topological polar surface area (TPSA) is 57.8 Å². The molecule has 0 aliphatic rings. The lowest BCUT2D eigenvalue weighted by molar-refractivity contribution is 0.102. The number of benzene rings is 2. The summed E-state index contributed by atoms with van der Waals surface area (Å²) in [4.78, 5) is 19.3. The third-order valence-corrected chi connectivity index (χ3v) is 3.81. The Hall–Kier alpha value is -2.21. The molecule has 0 fully saturated rings. The second kappa shape index (κ2) is 5.29. The number of rotatable bonds is 2. The molecule has 3 aromatic rings. The first kappa shape index (κ1) is 13.8. The van der Waals surface area contributed by atoms with Gasteiger partial charge in [-0.15, -0.1) is 0 Å². The Kier molecular flexibility index (Phi) is 3.47. The molecule has 2 aromatic carbocycles.